The van der Waals surface area contributed by atoms with Gasteiger partial charge in [0.1, 0.15) is 0 Å². The molecule has 4 heteroatoms. The van der Waals surface area contributed by atoms with Gasteiger partial charge in [-0.1, -0.05) is 35.9 Å². The van der Waals surface area contributed by atoms with Crippen LogP contribution in [-0.2, 0) is 11.2 Å². The number of hydrogen-bond donors (Lipinski definition) is 3. The molecule has 0 fully saturated rings. The lowest BCUT2D eigenvalue weighted by atomic mass is 10.0. The number of anilines is 1. The third kappa shape index (κ3) is 3.02. The van der Waals surface area contributed by atoms with Crippen molar-refractivity contribution in [2.75, 3.05) is 5.32 Å². The van der Waals surface area contributed by atoms with E-state index >= 15 is 0 Å². The van der Waals surface area contributed by atoms with Crippen molar-refractivity contribution in [1.29, 1.82) is 0 Å². The van der Waals surface area contributed by atoms with E-state index in [1.165, 1.54) is 0 Å². The molecule has 3 rings (SSSR count). The van der Waals surface area contributed by atoms with Gasteiger partial charge in [0.15, 0.2) is 0 Å². The molecule has 2 aromatic carbocycles. The first-order valence-electron chi connectivity index (χ1n) is 7.31. The first kappa shape index (κ1) is 14.4. The molecule has 0 aliphatic carbocycles. The van der Waals surface area contributed by atoms with Crippen LogP contribution in [0, 0.1) is 6.92 Å². The SMILES string of the molecule is Cc1ccc(NC(=O)[C@@H](N)Cc2c[nH]c3ccccc23)cc1. The first-order chi connectivity index (χ1) is 10.6. The van der Waals surface area contributed by atoms with Gasteiger partial charge in [-0.05, 0) is 37.1 Å². The van der Waals surface area contributed by atoms with Crippen LogP contribution in [0.4, 0.5) is 5.69 Å². The van der Waals surface area contributed by atoms with Crippen LogP contribution in [0.5, 0.6) is 0 Å². The Morgan fingerprint density at radius 3 is 2.68 bits per heavy atom. The Balaban J connectivity index is 1.69. The monoisotopic (exact) mass is 293 g/mol. The summed E-state index contributed by atoms with van der Waals surface area (Å²) in [7, 11) is 0. The van der Waals surface area contributed by atoms with E-state index in [1.807, 2.05) is 61.7 Å². The quantitative estimate of drug-likeness (QED) is 0.692. The van der Waals surface area contributed by atoms with Gasteiger partial charge in [-0.3, -0.25) is 4.79 Å². The molecule has 0 bridgehead atoms. The number of nitrogens with one attached hydrogen (secondary N) is 2. The highest BCUT2D eigenvalue weighted by Crippen LogP contribution is 2.19. The molecule has 4 N–H and O–H groups in total. The van der Waals surface area contributed by atoms with E-state index in [1.54, 1.807) is 0 Å². The molecule has 0 radical (unpaired) electrons. The fourth-order valence-corrected chi connectivity index (χ4v) is 2.50. The first-order valence-corrected chi connectivity index (χ1v) is 7.31. The number of aromatic amines is 1. The van der Waals surface area contributed by atoms with Crippen LogP contribution in [0.2, 0.25) is 0 Å². The van der Waals surface area contributed by atoms with Gasteiger partial charge in [0.25, 0.3) is 0 Å². The third-order valence-electron chi connectivity index (χ3n) is 3.77. The van der Waals surface area contributed by atoms with Crippen LogP contribution in [0.25, 0.3) is 10.9 Å². The molecule has 3 aromatic rings. The summed E-state index contributed by atoms with van der Waals surface area (Å²) in [4.78, 5) is 15.4. The zero-order chi connectivity index (χ0) is 15.5. The molecule has 0 saturated carbocycles. The lowest BCUT2D eigenvalue weighted by Crippen LogP contribution is -2.37. The molecular weight excluding hydrogens is 274 g/mol. The largest absolute Gasteiger partial charge is 0.361 e. The summed E-state index contributed by atoms with van der Waals surface area (Å²) in [5.74, 6) is -0.172. The van der Waals surface area contributed by atoms with E-state index in [0.29, 0.717) is 6.42 Å². The minimum atomic E-state index is -0.583. The highest BCUT2D eigenvalue weighted by atomic mass is 16.2. The Labute approximate surface area is 129 Å². The molecule has 112 valence electrons. The molecule has 4 nitrogen and oxygen atoms in total. The van der Waals surface area contributed by atoms with Crippen LogP contribution < -0.4 is 11.1 Å². The van der Waals surface area contributed by atoms with Gasteiger partial charge >= 0.3 is 0 Å². The third-order valence-corrected chi connectivity index (χ3v) is 3.77. The number of rotatable bonds is 4. The lowest BCUT2D eigenvalue weighted by Gasteiger charge is -2.12. The fourth-order valence-electron chi connectivity index (χ4n) is 2.50. The van der Waals surface area contributed by atoms with Gasteiger partial charge in [-0.25, -0.2) is 0 Å². The van der Waals surface area contributed by atoms with Crippen molar-refractivity contribution in [3.63, 3.8) is 0 Å². The Hall–Kier alpha value is -2.59. The summed E-state index contributed by atoms with van der Waals surface area (Å²) in [6, 6.07) is 15.1. The van der Waals surface area contributed by atoms with E-state index < -0.39 is 6.04 Å². The fraction of sp³-hybridized carbons (Fsp3) is 0.167. The van der Waals surface area contributed by atoms with E-state index in [4.69, 9.17) is 5.73 Å². The maximum Gasteiger partial charge on any atom is 0.241 e. The highest BCUT2D eigenvalue weighted by molar-refractivity contribution is 5.95. The smallest absolute Gasteiger partial charge is 0.241 e. The maximum absolute atomic E-state index is 12.2. The maximum atomic E-state index is 12.2. The Morgan fingerprint density at radius 1 is 1.18 bits per heavy atom. The van der Waals surface area contributed by atoms with Gasteiger partial charge in [-0.15, -0.1) is 0 Å². The number of carbonyl (C=O) groups is 1. The molecule has 1 heterocycles. The second-order valence-corrected chi connectivity index (χ2v) is 5.53. The topological polar surface area (TPSA) is 70.9 Å². The van der Waals surface area contributed by atoms with Crippen LogP contribution in [-0.4, -0.2) is 16.9 Å². The summed E-state index contributed by atoms with van der Waals surface area (Å²) in [6.45, 7) is 2.01. The van der Waals surface area contributed by atoms with Crippen LogP contribution in [0.3, 0.4) is 0 Å². The lowest BCUT2D eigenvalue weighted by molar-refractivity contribution is -0.117. The molecule has 0 aliphatic rings. The minimum Gasteiger partial charge on any atom is -0.361 e. The molecule has 0 unspecified atom stereocenters. The molecule has 22 heavy (non-hydrogen) atoms. The molecule has 1 amide bonds. The van der Waals surface area contributed by atoms with Crippen LogP contribution >= 0.6 is 0 Å². The number of carbonyl (C=O) groups excluding carboxylic acids is 1. The zero-order valence-electron chi connectivity index (χ0n) is 12.5. The second-order valence-electron chi connectivity index (χ2n) is 5.53. The predicted octanol–water partition coefficient (Wildman–Crippen LogP) is 2.98. The molecular formula is C18H19N3O. The van der Waals surface area contributed by atoms with E-state index in [0.717, 1.165) is 27.7 Å². The number of nitrogens with two attached hydrogens (primary N) is 1. The summed E-state index contributed by atoms with van der Waals surface area (Å²) in [5, 5.41) is 3.97. The van der Waals surface area contributed by atoms with Gasteiger partial charge in [0, 0.05) is 22.8 Å². The van der Waals surface area contributed by atoms with Crippen molar-refractivity contribution in [2.24, 2.45) is 5.73 Å². The van der Waals surface area contributed by atoms with Gasteiger partial charge in [-0.2, -0.15) is 0 Å². The average molecular weight is 293 g/mol. The Bertz CT molecular complexity index is 789. The number of amides is 1. The van der Waals surface area contributed by atoms with E-state index in [9.17, 15) is 4.79 Å². The molecule has 0 saturated heterocycles. The zero-order valence-corrected chi connectivity index (χ0v) is 12.5. The summed E-state index contributed by atoms with van der Waals surface area (Å²) in [6.07, 6.45) is 2.42. The van der Waals surface area contributed by atoms with Crippen molar-refractivity contribution < 1.29 is 4.79 Å². The normalized spacial score (nSPS) is 12.3. The van der Waals surface area contributed by atoms with Crippen LogP contribution in [0.15, 0.2) is 54.7 Å². The summed E-state index contributed by atoms with van der Waals surface area (Å²) < 4.78 is 0. The molecule has 0 aliphatic heterocycles. The van der Waals surface area contributed by atoms with E-state index in [2.05, 4.69) is 10.3 Å². The van der Waals surface area contributed by atoms with Crippen molar-refractivity contribution in [3.8, 4) is 0 Å². The molecule has 0 spiro atoms. The standard InChI is InChI=1S/C18H19N3O/c1-12-6-8-14(9-7-12)21-18(22)16(19)10-13-11-20-17-5-3-2-4-15(13)17/h2-9,11,16,20H,10,19H2,1H3,(H,21,22)/t16-/m0/s1. The average Bonchev–Trinajstić information content (AvgIpc) is 2.93. The highest BCUT2D eigenvalue weighted by Gasteiger charge is 2.16. The number of hydrogen-bond acceptors (Lipinski definition) is 2. The van der Waals surface area contributed by atoms with Crippen molar-refractivity contribution in [2.45, 2.75) is 19.4 Å². The number of benzene rings is 2. The summed E-state index contributed by atoms with van der Waals surface area (Å²) in [5.41, 5.74) is 10.1. The molecule has 1 aromatic heterocycles. The Morgan fingerprint density at radius 2 is 1.91 bits per heavy atom. The number of aromatic nitrogens is 1. The second kappa shape index (κ2) is 6.03. The number of para-hydroxylation sites is 1. The van der Waals surface area contributed by atoms with Gasteiger partial charge < -0.3 is 16.0 Å². The number of H-pyrrole nitrogens is 1. The van der Waals surface area contributed by atoms with Crippen LogP contribution in [0.1, 0.15) is 11.1 Å². The van der Waals surface area contributed by atoms with Crippen molar-refractivity contribution in [3.05, 3.63) is 65.9 Å². The summed E-state index contributed by atoms with van der Waals surface area (Å²) >= 11 is 0. The molecule has 1 atom stereocenters. The van der Waals surface area contributed by atoms with Crippen molar-refractivity contribution in [1.82, 2.24) is 4.98 Å². The van der Waals surface area contributed by atoms with Crippen molar-refractivity contribution >= 4 is 22.5 Å². The van der Waals surface area contributed by atoms with E-state index in [-0.39, 0.29) is 5.91 Å². The minimum absolute atomic E-state index is 0.172. The number of aryl methyl sites for hydroxylation is 1. The van der Waals surface area contributed by atoms with Gasteiger partial charge in [0.05, 0.1) is 6.04 Å². The Kier molecular flexibility index (Phi) is 3.94. The number of fused-ring (bicyclic) bond motifs is 1. The van der Waals surface area contributed by atoms with Gasteiger partial charge in [0.2, 0.25) is 5.91 Å². The predicted molar refractivity (Wildman–Crippen MR) is 89.8 cm³/mol.